The Bertz CT molecular complexity index is 5550. The third-order valence-electron chi connectivity index (χ3n) is 17.3. The van der Waals surface area contributed by atoms with Gasteiger partial charge in [0.05, 0.1) is 16.6 Å². The summed E-state index contributed by atoms with van der Waals surface area (Å²) < 4.78 is 7.07. The van der Waals surface area contributed by atoms with Gasteiger partial charge < -0.3 is 13.7 Å². The van der Waals surface area contributed by atoms with Gasteiger partial charge in [0.2, 0.25) is 0 Å². The van der Waals surface area contributed by atoms with E-state index in [2.05, 4.69) is 290 Å². The molecule has 3 heteroatoms. The van der Waals surface area contributed by atoms with Crippen LogP contribution in [-0.2, 0) is 21.1 Å². The Labute approximate surface area is 532 Å². The fourth-order valence-corrected chi connectivity index (χ4v) is 13.9. The first-order valence-corrected chi connectivity index (χ1v) is 33.1. The van der Waals surface area contributed by atoms with Gasteiger partial charge in [0.15, 0.2) is 0 Å². The number of rotatable bonds is 0. The van der Waals surface area contributed by atoms with Gasteiger partial charge in [-0.25, -0.2) is 0 Å². The summed E-state index contributed by atoms with van der Waals surface area (Å²) in [5.41, 5.74) is 7.83. The molecule has 3 aromatic heterocycles. The van der Waals surface area contributed by atoms with E-state index in [1.165, 1.54) is 162 Å². The van der Waals surface area contributed by atoms with E-state index in [4.69, 9.17) is 0 Å². The van der Waals surface area contributed by atoms with E-state index in [1.54, 1.807) is 0 Å². The van der Waals surface area contributed by atoms with E-state index in [9.17, 15) is 0 Å². The molecular weight excluding hydrogens is 1090 g/mol. The zero-order valence-corrected chi connectivity index (χ0v) is 55.6. The molecule has 18 rings (SSSR count). The summed E-state index contributed by atoms with van der Waals surface area (Å²) in [6.45, 7) is 24.0. The molecule has 0 saturated carbocycles. The summed E-state index contributed by atoms with van der Waals surface area (Å²) >= 11 is 0. The summed E-state index contributed by atoms with van der Waals surface area (Å²) in [6, 6.07) is 92.6. The van der Waals surface area contributed by atoms with Crippen LogP contribution in [0.15, 0.2) is 255 Å². The van der Waals surface area contributed by atoms with Crippen LogP contribution < -0.4 is 0 Å². The SMILES string of the molecule is CC.CC.CC.CC.CC.CC.Cn1c2ccccc2c2c3ccccc3c3c4ccccc4ccc3c21.Cn1c2ccccc2c2c3ccccc3c3ccc4ccccc4c3c21.Cn1c2ccccc2c2ccc3ccc4c5ccccc5ccc4c3c21. The van der Waals surface area contributed by atoms with E-state index in [-0.39, 0.29) is 0 Å². The van der Waals surface area contributed by atoms with Crippen molar-refractivity contribution in [1.29, 1.82) is 0 Å². The smallest absolute Gasteiger partial charge is 0.0581 e. The van der Waals surface area contributed by atoms with Gasteiger partial charge in [-0.05, 0) is 99.0 Å². The Morgan fingerprint density at radius 2 is 0.411 bits per heavy atom. The number of benzene rings is 15. The molecule has 0 amide bonds. The molecule has 0 N–H and O–H groups in total. The quantitative estimate of drug-likeness (QED) is 0.134. The van der Waals surface area contributed by atoms with Crippen molar-refractivity contribution in [3.8, 4) is 0 Å². The number of aryl methyl sites for hydroxylation is 3. The van der Waals surface area contributed by atoms with Crippen LogP contribution in [-0.4, -0.2) is 13.7 Å². The minimum absolute atomic E-state index is 1.28. The predicted octanol–water partition coefficient (Wildman–Crippen LogP) is 26.5. The molecule has 0 aliphatic carbocycles. The van der Waals surface area contributed by atoms with E-state index in [0.29, 0.717) is 0 Å². The summed E-state index contributed by atoms with van der Waals surface area (Å²) in [6.07, 6.45) is 0. The maximum absolute atomic E-state index is 2.37. The number of nitrogens with zero attached hydrogens (tertiary/aromatic N) is 3. The Kier molecular flexibility index (Phi) is 19.6. The molecule has 18 aromatic rings. The molecule has 3 heterocycles. The van der Waals surface area contributed by atoms with E-state index in [0.717, 1.165) is 0 Å². The lowest BCUT2D eigenvalue weighted by atomic mass is 9.93. The van der Waals surface area contributed by atoms with Crippen molar-refractivity contribution in [2.45, 2.75) is 83.1 Å². The highest BCUT2D eigenvalue weighted by atomic mass is 14.9. The Morgan fingerprint density at radius 1 is 0.156 bits per heavy atom. The molecule has 15 aromatic carbocycles. The first-order valence-electron chi connectivity index (χ1n) is 33.1. The lowest BCUT2D eigenvalue weighted by molar-refractivity contribution is 1.02. The first-order chi connectivity index (χ1) is 44.5. The van der Waals surface area contributed by atoms with Crippen molar-refractivity contribution in [2.75, 3.05) is 0 Å². The van der Waals surface area contributed by atoms with Gasteiger partial charge in [0.25, 0.3) is 0 Å². The van der Waals surface area contributed by atoms with Crippen molar-refractivity contribution in [3.05, 3.63) is 255 Å². The monoisotopic (exact) mass is 1170 g/mol. The Hall–Kier alpha value is -9.96. The molecule has 0 aliphatic rings. The number of fused-ring (bicyclic) bond motifs is 29. The standard InChI is InChI=1S/3C25H17N.6C2H6/c1-26-22-13-7-6-12-21(22)24-19-11-5-4-10-18(19)20-15-14-16-8-2-3-9-17(16)23(20)25(24)26;1-26-22-13-7-6-12-20(22)24-19-11-5-4-10-18(19)23-17-9-3-2-8-16(17)14-15-21(23)25(24)26;1-26-23-9-5-4-8-20(23)22-15-12-17-11-13-19-18-7-3-2-6-16(18)10-14-21(19)24(17)25(22)26;6*1-2/h3*2-15H,1H3;6*1-2H3. The maximum Gasteiger partial charge on any atom is 0.0581 e. The molecule has 0 saturated heterocycles. The lowest BCUT2D eigenvalue weighted by Gasteiger charge is -2.12. The van der Waals surface area contributed by atoms with Crippen LogP contribution in [0, 0.1) is 0 Å². The van der Waals surface area contributed by atoms with E-state index < -0.39 is 0 Å². The molecule has 0 spiro atoms. The average molecular weight is 1170 g/mol. The second-order valence-electron chi connectivity index (χ2n) is 21.2. The highest BCUT2D eigenvalue weighted by molar-refractivity contribution is 6.37. The lowest BCUT2D eigenvalue weighted by Crippen LogP contribution is -1.90. The summed E-state index contributed by atoms with van der Waals surface area (Å²) in [5.74, 6) is 0. The van der Waals surface area contributed by atoms with Crippen molar-refractivity contribution in [2.24, 2.45) is 21.1 Å². The molecule has 90 heavy (non-hydrogen) atoms. The summed E-state index contributed by atoms with van der Waals surface area (Å²) in [7, 11) is 6.57. The van der Waals surface area contributed by atoms with Gasteiger partial charge >= 0.3 is 0 Å². The van der Waals surface area contributed by atoms with E-state index in [1.807, 2.05) is 83.1 Å². The van der Waals surface area contributed by atoms with Crippen molar-refractivity contribution >= 4 is 162 Å². The van der Waals surface area contributed by atoms with Crippen LogP contribution in [0.5, 0.6) is 0 Å². The van der Waals surface area contributed by atoms with Crippen LogP contribution in [0.4, 0.5) is 0 Å². The normalized spacial score (nSPS) is 10.8. The largest absolute Gasteiger partial charge is 0.343 e. The topological polar surface area (TPSA) is 14.8 Å². The Balaban J connectivity index is 0.000000137. The average Bonchev–Trinajstić information content (AvgIpc) is 1.50. The van der Waals surface area contributed by atoms with Crippen LogP contribution in [0.1, 0.15) is 83.1 Å². The molecular formula is C87H87N3. The van der Waals surface area contributed by atoms with Gasteiger partial charge in [0.1, 0.15) is 0 Å². The highest BCUT2D eigenvalue weighted by Crippen LogP contribution is 2.45. The van der Waals surface area contributed by atoms with Crippen molar-refractivity contribution < 1.29 is 0 Å². The first kappa shape index (κ1) is 63.1. The van der Waals surface area contributed by atoms with Crippen LogP contribution in [0.3, 0.4) is 0 Å². The van der Waals surface area contributed by atoms with Crippen LogP contribution >= 0.6 is 0 Å². The predicted molar refractivity (Wildman–Crippen MR) is 407 cm³/mol. The molecule has 3 nitrogen and oxygen atoms in total. The molecule has 0 unspecified atom stereocenters. The number of para-hydroxylation sites is 3. The summed E-state index contributed by atoms with van der Waals surface area (Å²) in [5, 5.41) is 31.9. The zero-order valence-electron chi connectivity index (χ0n) is 55.6. The second-order valence-corrected chi connectivity index (χ2v) is 21.2. The molecule has 450 valence electrons. The minimum atomic E-state index is 1.28. The molecule has 0 bridgehead atoms. The van der Waals surface area contributed by atoms with Crippen LogP contribution in [0.2, 0.25) is 0 Å². The third-order valence-corrected chi connectivity index (χ3v) is 17.3. The molecule has 0 atom stereocenters. The second kappa shape index (κ2) is 28.0. The Morgan fingerprint density at radius 3 is 0.922 bits per heavy atom. The van der Waals surface area contributed by atoms with Gasteiger partial charge in [0, 0.05) is 86.2 Å². The van der Waals surface area contributed by atoms with Gasteiger partial charge in [-0.3, -0.25) is 0 Å². The zero-order chi connectivity index (χ0) is 63.8. The van der Waals surface area contributed by atoms with Crippen LogP contribution in [0.25, 0.3) is 162 Å². The summed E-state index contributed by atoms with van der Waals surface area (Å²) in [4.78, 5) is 0. The number of hydrogen-bond acceptors (Lipinski definition) is 0. The van der Waals surface area contributed by atoms with Crippen molar-refractivity contribution in [3.63, 3.8) is 0 Å². The highest BCUT2D eigenvalue weighted by Gasteiger charge is 2.20. The van der Waals surface area contributed by atoms with Gasteiger partial charge in [-0.2, -0.15) is 0 Å². The molecule has 0 fully saturated rings. The van der Waals surface area contributed by atoms with Gasteiger partial charge in [-0.15, -0.1) is 0 Å². The molecule has 0 aliphatic heterocycles. The fourth-order valence-electron chi connectivity index (χ4n) is 13.9. The van der Waals surface area contributed by atoms with E-state index >= 15 is 0 Å². The number of hydrogen-bond donors (Lipinski definition) is 0. The maximum atomic E-state index is 2.37. The van der Waals surface area contributed by atoms with Gasteiger partial charge in [-0.1, -0.05) is 320 Å². The fraction of sp³-hybridized carbons (Fsp3) is 0.172. The molecule has 0 radical (unpaired) electrons. The van der Waals surface area contributed by atoms with Crippen molar-refractivity contribution in [1.82, 2.24) is 13.7 Å². The minimum Gasteiger partial charge on any atom is -0.343 e. The third kappa shape index (κ3) is 10.4. The number of aromatic nitrogens is 3.